The van der Waals surface area contributed by atoms with Crippen molar-refractivity contribution in [3.8, 4) is 0 Å². The van der Waals surface area contributed by atoms with Crippen molar-refractivity contribution in [1.82, 2.24) is 10.3 Å². The molecule has 142 valence electrons. The van der Waals surface area contributed by atoms with Gasteiger partial charge in [0.25, 0.3) is 0 Å². The standard InChI is InChI=1S/C21H20N4O3/c22-18-6-2-1-5-17(18)19(15-7-9-16(10-8-15)20(23)26)25-21(27)28-13-14-4-3-11-24-12-14/h1-12,19H,13,22H2,(H2,23,26)(H,25,27). The molecule has 0 saturated carbocycles. The molecule has 5 N–H and O–H groups in total. The van der Waals surface area contributed by atoms with Gasteiger partial charge in [0.05, 0.1) is 6.04 Å². The Kier molecular flexibility index (Phi) is 5.86. The lowest BCUT2D eigenvalue weighted by molar-refractivity contribution is 0.1000. The van der Waals surface area contributed by atoms with E-state index in [4.69, 9.17) is 16.2 Å². The Morgan fingerprint density at radius 2 is 1.79 bits per heavy atom. The SMILES string of the molecule is NC(=O)c1ccc(C(NC(=O)OCc2cccnc2)c2ccccc2N)cc1. The van der Waals surface area contributed by atoms with E-state index < -0.39 is 18.0 Å². The fraction of sp³-hybridized carbons (Fsp3) is 0.0952. The van der Waals surface area contributed by atoms with Gasteiger partial charge in [-0.05, 0) is 29.8 Å². The average Bonchev–Trinajstić information content (AvgIpc) is 2.72. The van der Waals surface area contributed by atoms with Crippen LogP contribution in [0.1, 0.15) is 33.1 Å². The summed E-state index contributed by atoms with van der Waals surface area (Å²) in [4.78, 5) is 27.7. The van der Waals surface area contributed by atoms with Gasteiger partial charge in [-0.1, -0.05) is 36.4 Å². The summed E-state index contributed by atoms with van der Waals surface area (Å²) < 4.78 is 5.30. The van der Waals surface area contributed by atoms with Crippen LogP contribution in [0.3, 0.4) is 0 Å². The number of hydrogen-bond acceptors (Lipinski definition) is 5. The first kappa shape index (κ1) is 18.9. The van der Waals surface area contributed by atoms with Crippen molar-refractivity contribution in [2.75, 3.05) is 5.73 Å². The second kappa shape index (κ2) is 8.68. The number of carbonyl (C=O) groups excluding carboxylic acids is 2. The van der Waals surface area contributed by atoms with Crippen molar-refractivity contribution < 1.29 is 14.3 Å². The van der Waals surface area contributed by atoms with Crippen molar-refractivity contribution in [2.45, 2.75) is 12.6 Å². The maximum Gasteiger partial charge on any atom is 0.408 e. The Morgan fingerprint density at radius 1 is 1.04 bits per heavy atom. The number of benzene rings is 2. The molecule has 1 aromatic heterocycles. The van der Waals surface area contributed by atoms with E-state index in [-0.39, 0.29) is 6.61 Å². The van der Waals surface area contributed by atoms with Crippen LogP contribution in [-0.4, -0.2) is 17.0 Å². The summed E-state index contributed by atoms with van der Waals surface area (Å²) in [6.07, 6.45) is 2.67. The maximum absolute atomic E-state index is 12.4. The van der Waals surface area contributed by atoms with Crippen LogP contribution >= 0.6 is 0 Å². The molecule has 0 aliphatic carbocycles. The highest BCUT2D eigenvalue weighted by Gasteiger charge is 2.20. The predicted molar refractivity (Wildman–Crippen MR) is 105 cm³/mol. The van der Waals surface area contributed by atoms with Gasteiger partial charge in [-0.15, -0.1) is 0 Å². The molecular weight excluding hydrogens is 356 g/mol. The Morgan fingerprint density at radius 3 is 2.43 bits per heavy atom. The molecule has 1 heterocycles. The van der Waals surface area contributed by atoms with E-state index >= 15 is 0 Å². The van der Waals surface area contributed by atoms with Crippen LogP contribution < -0.4 is 16.8 Å². The largest absolute Gasteiger partial charge is 0.445 e. The fourth-order valence-corrected chi connectivity index (χ4v) is 2.75. The minimum Gasteiger partial charge on any atom is -0.445 e. The lowest BCUT2D eigenvalue weighted by Gasteiger charge is -2.21. The van der Waals surface area contributed by atoms with E-state index in [0.717, 1.165) is 11.1 Å². The van der Waals surface area contributed by atoms with Crippen LogP contribution in [0.5, 0.6) is 0 Å². The monoisotopic (exact) mass is 376 g/mol. The van der Waals surface area contributed by atoms with E-state index in [1.807, 2.05) is 24.3 Å². The summed E-state index contributed by atoms with van der Waals surface area (Å²) in [5.41, 5.74) is 14.5. The number of rotatable bonds is 6. The summed E-state index contributed by atoms with van der Waals surface area (Å²) in [6, 6.07) is 16.9. The van der Waals surface area contributed by atoms with Crippen molar-refractivity contribution in [1.29, 1.82) is 0 Å². The second-order valence-corrected chi connectivity index (χ2v) is 6.13. The molecule has 2 amide bonds. The van der Waals surface area contributed by atoms with Gasteiger partial charge in [-0.2, -0.15) is 0 Å². The summed E-state index contributed by atoms with van der Waals surface area (Å²) in [6.45, 7) is 0.0945. The topological polar surface area (TPSA) is 120 Å². The first-order chi connectivity index (χ1) is 13.5. The lowest BCUT2D eigenvalue weighted by atomic mass is 9.96. The molecule has 1 unspecified atom stereocenters. The number of aromatic nitrogens is 1. The van der Waals surface area contributed by atoms with Crippen LogP contribution in [-0.2, 0) is 11.3 Å². The summed E-state index contributed by atoms with van der Waals surface area (Å²) >= 11 is 0. The number of amides is 2. The predicted octanol–water partition coefficient (Wildman–Crippen LogP) is 2.78. The van der Waals surface area contributed by atoms with Gasteiger partial charge in [0.15, 0.2) is 0 Å². The molecule has 28 heavy (non-hydrogen) atoms. The third-order valence-corrected chi connectivity index (χ3v) is 4.19. The molecule has 7 nitrogen and oxygen atoms in total. The van der Waals surface area contributed by atoms with E-state index in [2.05, 4.69) is 10.3 Å². The van der Waals surface area contributed by atoms with Crippen molar-refractivity contribution in [3.63, 3.8) is 0 Å². The highest BCUT2D eigenvalue weighted by Crippen LogP contribution is 2.27. The number of hydrogen-bond donors (Lipinski definition) is 3. The van der Waals surface area contributed by atoms with Crippen molar-refractivity contribution in [2.24, 2.45) is 5.73 Å². The smallest absolute Gasteiger partial charge is 0.408 e. The van der Waals surface area contributed by atoms with Gasteiger partial charge in [-0.3, -0.25) is 9.78 Å². The van der Waals surface area contributed by atoms with Crippen LogP contribution in [0.25, 0.3) is 0 Å². The van der Waals surface area contributed by atoms with Gasteiger partial charge in [0.1, 0.15) is 6.61 Å². The number of primary amides is 1. The Labute approximate surface area is 162 Å². The average molecular weight is 376 g/mol. The van der Waals surface area contributed by atoms with Gasteiger partial charge < -0.3 is 21.5 Å². The summed E-state index contributed by atoms with van der Waals surface area (Å²) in [5.74, 6) is -0.522. The third kappa shape index (κ3) is 4.64. The van der Waals surface area contributed by atoms with Gasteiger partial charge in [0, 0.05) is 34.8 Å². The molecule has 0 fully saturated rings. The zero-order valence-electron chi connectivity index (χ0n) is 15.0. The molecule has 0 radical (unpaired) electrons. The van der Waals surface area contributed by atoms with E-state index in [1.54, 1.807) is 48.8 Å². The van der Waals surface area contributed by atoms with Crippen molar-refractivity contribution >= 4 is 17.7 Å². The van der Waals surface area contributed by atoms with Crippen LogP contribution in [0.2, 0.25) is 0 Å². The number of nitrogens with two attached hydrogens (primary N) is 2. The van der Waals surface area contributed by atoms with Crippen LogP contribution in [0.4, 0.5) is 10.5 Å². The zero-order chi connectivity index (χ0) is 19.9. The molecule has 0 spiro atoms. The number of para-hydroxylation sites is 1. The molecule has 0 aliphatic heterocycles. The second-order valence-electron chi connectivity index (χ2n) is 6.13. The van der Waals surface area contributed by atoms with Crippen molar-refractivity contribution in [3.05, 3.63) is 95.3 Å². The minimum atomic E-state index is -0.601. The molecular formula is C21H20N4O3. The minimum absolute atomic E-state index is 0.0945. The third-order valence-electron chi connectivity index (χ3n) is 4.19. The Balaban J connectivity index is 1.81. The molecule has 7 heteroatoms. The molecule has 3 aromatic rings. The quantitative estimate of drug-likeness (QED) is 0.571. The first-order valence-electron chi connectivity index (χ1n) is 8.61. The van der Waals surface area contributed by atoms with E-state index in [0.29, 0.717) is 16.8 Å². The number of carbonyl (C=O) groups is 2. The number of nitrogens with one attached hydrogen (secondary N) is 1. The number of anilines is 1. The molecule has 0 bridgehead atoms. The normalized spacial score (nSPS) is 11.4. The highest BCUT2D eigenvalue weighted by atomic mass is 16.5. The summed E-state index contributed by atoms with van der Waals surface area (Å²) in [5, 5.41) is 2.83. The molecule has 2 aromatic carbocycles. The number of alkyl carbamates (subject to hydrolysis) is 1. The van der Waals surface area contributed by atoms with E-state index in [9.17, 15) is 9.59 Å². The number of nitrogen functional groups attached to an aromatic ring is 1. The van der Waals surface area contributed by atoms with Crippen LogP contribution in [0.15, 0.2) is 73.1 Å². The highest BCUT2D eigenvalue weighted by molar-refractivity contribution is 5.92. The Hall–Kier alpha value is -3.87. The number of ether oxygens (including phenoxy) is 1. The maximum atomic E-state index is 12.4. The van der Waals surface area contributed by atoms with Gasteiger partial charge in [-0.25, -0.2) is 4.79 Å². The van der Waals surface area contributed by atoms with Gasteiger partial charge >= 0.3 is 6.09 Å². The number of nitrogens with zero attached hydrogens (tertiary/aromatic N) is 1. The number of pyridine rings is 1. The summed E-state index contributed by atoms with van der Waals surface area (Å²) in [7, 11) is 0. The van der Waals surface area contributed by atoms with E-state index in [1.165, 1.54) is 0 Å². The Bertz CT molecular complexity index is 959. The lowest BCUT2D eigenvalue weighted by Crippen LogP contribution is -2.30. The molecule has 0 aliphatic rings. The zero-order valence-corrected chi connectivity index (χ0v) is 15.0. The first-order valence-corrected chi connectivity index (χ1v) is 8.61. The molecule has 3 rings (SSSR count). The fourth-order valence-electron chi connectivity index (χ4n) is 2.75. The molecule has 1 atom stereocenters. The van der Waals surface area contributed by atoms with Gasteiger partial charge in [0.2, 0.25) is 5.91 Å². The molecule has 0 saturated heterocycles. The van der Waals surface area contributed by atoms with Crippen LogP contribution in [0, 0.1) is 0 Å².